The summed E-state index contributed by atoms with van der Waals surface area (Å²) in [4.78, 5) is 3.34. The Hall–Kier alpha value is -1.28. The number of rotatable bonds is 2. The summed E-state index contributed by atoms with van der Waals surface area (Å²) in [7, 11) is 0. The third-order valence-corrected chi connectivity index (χ3v) is 2.64. The van der Waals surface area contributed by atoms with Gasteiger partial charge in [0, 0.05) is 23.0 Å². The molecule has 2 rings (SSSR count). The number of para-hydroxylation sites is 1. The average molecular weight is 203 g/mol. The summed E-state index contributed by atoms with van der Waals surface area (Å²) in [6.07, 6.45) is 0.683. The number of benzene rings is 1. The first-order valence-corrected chi connectivity index (χ1v) is 5.26. The molecule has 1 aromatic heterocycles. The SMILES string of the molecule is Cc1[nH]c2ccccc2c1CC(C)(C)O. The van der Waals surface area contributed by atoms with E-state index in [4.69, 9.17) is 0 Å². The van der Waals surface area contributed by atoms with Crippen molar-refractivity contribution in [1.29, 1.82) is 0 Å². The largest absolute Gasteiger partial charge is 0.390 e. The molecule has 80 valence electrons. The molecule has 0 atom stereocenters. The van der Waals surface area contributed by atoms with Crippen molar-refractivity contribution in [2.75, 3.05) is 0 Å². The Morgan fingerprint density at radius 3 is 2.60 bits per heavy atom. The molecule has 0 amide bonds. The predicted molar refractivity (Wildman–Crippen MR) is 63.0 cm³/mol. The number of aromatic amines is 1. The fraction of sp³-hybridized carbons (Fsp3) is 0.385. The van der Waals surface area contributed by atoms with Gasteiger partial charge >= 0.3 is 0 Å². The molecule has 0 bridgehead atoms. The van der Waals surface area contributed by atoms with Gasteiger partial charge in [-0.3, -0.25) is 0 Å². The molecular formula is C13H17NO. The van der Waals surface area contributed by atoms with E-state index in [2.05, 4.69) is 24.0 Å². The van der Waals surface area contributed by atoms with Gasteiger partial charge in [-0.25, -0.2) is 0 Å². The fourth-order valence-electron chi connectivity index (χ4n) is 2.00. The molecule has 2 aromatic rings. The third-order valence-electron chi connectivity index (χ3n) is 2.64. The topological polar surface area (TPSA) is 36.0 Å². The van der Waals surface area contributed by atoms with E-state index in [1.165, 1.54) is 10.9 Å². The molecular weight excluding hydrogens is 186 g/mol. The summed E-state index contributed by atoms with van der Waals surface area (Å²) in [5, 5.41) is 11.1. The van der Waals surface area contributed by atoms with Crippen molar-refractivity contribution in [2.45, 2.75) is 32.8 Å². The maximum atomic E-state index is 9.86. The second-order valence-corrected chi connectivity index (χ2v) is 4.76. The lowest BCUT2D eigenvalue weighted by atomic mass is 9.96. The number of aromatic nitrogens is 1. The van der Waals surface area contributed by atoms with Crippen LogP contribution in [0.3, 0.4) is 0 Å². The molecule has 1 aromatic carbocycles. The van der Waals surface area contributed by atoms with Crippen LogP contribution in [0.25, 0.3) is 10.9 Å². The van der Waals surface area contributed by atoms with Crippen LogP contribution in [0.4, 0.5) is 0 Å². The van der Waals surface area contributed by atoms with Gasteiger partial charge in [-0.1, -0.05) is 18.2 Å². The highest BCUT2D eigenvalue weighted by molar-refractivity contribution is 5.84. The van der Waals surface area contributed by atoms with Gasteiger partial charge in [-0.2, -0.15) is 0 Å². The molecule has 2 N–H and O–H groups in total. The third kappa shape index (κ3) is 2.05. The minimum absolute atomic E-state index is 0.657. The first-order valence-electron chi connectivity index (χ1n) is 5.26. The molecule has 0 aliphatic heterocycles. The average Bonchev–Trinajstić information content (AvgIpc) is 2.41. The number of nitrogens with one attached hydrogen (secondary N) is 1. The molecule has 2 heteroatoms. The highest BCUT2D eigenvalue weighted by atomic mass is 16.3. The quantitative estimate of drug-likeness (QED) is 0.773. The zero-order chi connectivity index (χ0) is 11.1. The van der Waals surface area contributed by atoms with E-state index in [1.54, 1.807) is 0 Å². The second kappa shape index (κ2) is 3.38. The van der Waals surface area contributed by atoms with Gasteiger partial charge in [0.05, 0.1) is 5.60 Å². The van der Waals surface area contributed by atoms with Crippen molar-refractivity contribution in [3.8, 4) is 0 Å². The van der Waals surface area contributed by atoms with Crippen LogP contribution >= 0.6 is 0 Å². The molecule has 0 aliphatic carbocycles. The van der Waals surface area contributed by atoms with E-state index >= 15 is 0 Å². The van der Waals surface area contributed by atoms with Crippen LogP contribution in [0.5, 0.6) is 0 Å². The Labute approximate surface area is 89.9 Å². The Morgan fingerprint density at radius 2 is 1.93 bits per heavy atom. The molecule has 0 aliphatic rings. The van der Waals surface area contributed by atoms with E-state index < -0.39 is 5.60 Å². The zero-order valence-electron chi connectivity index (χ0n) is 9.46. The van der Waals surface area contributed by atoms with Gasteiger partial charge in [-0.15, -0.1) is 0 Å². The molecule has 1 heterocycles. The number of hydrogen-bond acceptors (Lipinski definition) is 1. The highest BCUT2D eigenvalue weighted by Crippen LogP contribution is 2.25. The van der Waals surface area contributed by atoms with E-state index in [9.17, 15) is 5.11 Å². The summed E-state index contributed by atoms with van der Waals surface area (Å²) in [6.45, 7) is 5.74. The Morgan fingerprint density at radius 1 is 1.27 bits per heavy atom. The van der Waals surface area contributed by atoms with Crippen LogP contribution < -0.4 is 0 Å². The molecule has 0 unspecified atom stereocenters. The molecule has 0 radical (unpaired) electrons. The van der Waals surface area contributed by atoms with Crippen LogP contribution in [0.1, 0.15) is 25.1 Å². The van der Waals surface area contributed by atoms with Crippen LogP contribution in [-0.2, 0) is 6.42 Å². The van der Waals surface area contributed by atoms with Crippen LogP contribution in [0, 0.1) is 6.92 Å². The Bertz CT molecular complexity index is 477. The lowest BCUT2D eigenvalue weighted by molar-refractivity contribution is 0.0811. The molecule has 0 spiro atoms. The highest BCUT2D eigenvalue weighted by Gasteiger charge is 2.18. The van der Waals surface area contributed by atoms with Crippen molar-refractivity contribution in [2.24, 2.45) is 0 Å². The smallest absolute Gasteiger partial charge is 0.0632 e. The Kier molecular flexibility index (Phi) is 2.31. The van der Waals surface area contributed by atoms with Gasteiger partial charge in [0.1, 0.15) is 0 Å². The first kappa shape index (κ1) is 10.2. The normalized spacial score (nSPS) is 12.3. The van der Waals surface area contributed by atoms with Gasteiger partial charge in [0.25, 0.3) is 0 Å². The molecule has 2 nitrogen and oxygen atoms in total. The second-order valence-electron chi connectivity index (χ2n) is 4.76. The zero-order valence-corrected chi connectivity index (χ0v) is 9.46. The summed E-state index contributed by atoms with van der Waals surface area (Å²) in [6, 6.07) is 8.21. The van der Waals surface area contributed by atoms with Crippen molar-refractivity contribution in [1.82, 2.24) is 4.98 Å². The molecule has 0 saturated carbocycles. The lowest BCUT2D eigenvalue weighted by Crippen LogP contribution is -2.22. The van der Waals surface area contributed by atoms with E-state index in [0.29, 0.717) is 6.42 Å². The minimum atomic E-state index is -0.657. The van der Waals surface area contributed by atoms with Crippen LogP contribution in [-0.4, -0.2) is 15.7 Å². The molecule has 15 heavy (non-hydrogen) atoms. The van der Waals surface area contributed by atoms with Crippen molar-refractivity contribution in [3.05, 3.63) is 35.5 Å². The number of aryl methyl sites for hydroxylation is 1. The lowest BCUT2D eigenvalue weighted by Gasteiger charge is -2.17. The Balaban J connectivity index is 2.54. The number of H-pyrrole nitrogens is 1. The van der Waals surface area contributed by atoms with Crippen LogP contribution in [0.2, 0.25) is 0 Å². The van der Waals surface area contributed by atoms with Crippen molar-refractivity contribution in [3.63, 3.8) is 0 Å². The standard InChI is InChI=1S/C13H17NO/c1-9-11(8-13(2,3)15)10-6-4-5-7-12(10)14-9/h4-7,14-15H,8H2,1-3H3. The maximum Gasteiger partial charge on any atom is 0.0632 e. The maximum absolute atomic E-state index is 9.86. The predicted octanol–water partition coefficient (Wildman–Crippen LogP) is 2.79. The van der Waals surface area contributed by atoms with Gasteiger partial charge in [0.2, 0.25) is 0 Å². The monoisotopic (exact) mass is 203 g/mol. The van der Waals surface area contributed by atoms with Crippen LogP contribution in [0.15, 0.2) is 24.3 Å². The fourth-order valence-corrected chi connectivity index (χ4v) is 2.00. The number of aliphatic hydroxyl groups is 1. The summed E-state index contributed by atoms with van der Waals surface area (Å²) in [5.74, 6) is 0. The summed E-state index contributed by atoms with van der Waals surface area (Å²) < 4.78 is 0. The number of fused-ring (bicyclic) bond motifs is 1. The first-order chi connectivity index (χ1) is 6.97. The summed E-state index contributed by atoms with van der Waals surface area (Å²) >= 11 is 0. The van der Waals surface area contributed by atoms with Gasteiger partial charge < -0.3 is 10.1 Å². The van der Waals surface area contributed by atoms with Gasteiger partial charge in [-0.05, 0) is 32.4 Å². The van der Waals surface area contributed by atoms with Gasteiger partial charge in [0.15, 0.2) is 0 Å². The molecule has 0 saturated heterocycles. The van der Waals surface area contributed by atoms with Crippen molar-refractivity contribution >= 4 is 10.9 Å². The summed E-state index contributed by atoms with van der Waals surface area (Å²) in [5.41, 5.74) is 2.86. The minimum Gasteiger partial charge on any atom is -0.390 e. The number of hydrogen-bond donors (Lipinski definition) is 2. The van der Waals surface area contributed by atoms with E-state index in [-0.39, 0.29) is 0 Å². The van der Waals surface area contributed by atoms with E-state index in [0.717, 1.165) is 11.2 Å². The molecule has 0 fully saturated rings. The van der Waals surface area contributed by atoms with E-state index in [1.807, 2.05) is 26.0 Å². The van der Waals surface area contributed by atoms with Crippen molar-refractivity contribution < 1.29 is 5.11 Å².